The fraction of sp³-hybridized carbons (Fsp3) is 0.367. The van der Waals surface area contributed by atoms with Crippen molar-refractivity contribution in [2.75, 3.05) is 25.0 Å². The largest absolute Gasteiger partial charge is 0.486 e. The van der Waals surface area contributed by atoms with E-state index in [-0.39, 0.29) is 17.9 Å². The lowest BCUT2D eigenvalue weighted by atomic mass is 9.89. The number of carbonyl (C=O) groups is 1. The highest BCUT2D eigenvalue weighted by Crippen LogP contribution is 2.31. The van der Waals surface area contributed by atoms with E-state index in [0.717, 1.165) is 59.3 Å². The van der Waals surface area contributed by atoms with E-state index in [0.29, 0.717) is 5.92 Å². The molecule has 1 saturated heterocycles. The summed E-state index contributed by atoms with van der Waals surface area (Å²) < 4.78 is 8.56. The standard InChI is InChI=1S/C30H34Br2N2O2/c1-21(2)30(35)33-27-5-3-4-24(20-27)22-14-17-34(18-15-22)19-16-29(23-6-8-25(31)9-7-23)36-28-12-10-26(32)11-13-28/h3-13,20-22,29H,14-19H2,1-2H3,(H,33,35). The number of anilines is 1. The molecule has 4 rings (SSSR count). The van der Waals surface area contributed by atoms with Gasteiger partial charge < -0.3 is 15.0 Å². The van der Waals surface area contributed by atoms with Crippen molar-refractivity contribution < 1.29 is 9.53 Å². The molecule has 0 aliphatic carbocycles. The van der Waals surface area contributed by atoms with Gasteiger partial charge in [-0.1, -0.05) is 70.0 Å². The highest BCUT2D eigenvalue weighted by molar-refractivity contribution is 9.10. The van der Waals surface area contributed by atoms with Gasteiger partial charge in [-0.15, -0.1) is 0 Å². The van der Waals surface area contributed by atoms with E-state index < -0.39 is 0 Å². The molecule has 0 radical (unpaired) electrons. The number of benzene rings is 3. The molecule has 4 nitrogen and oxygen atoms in total. The Balaban J connectivity index is 1.34. The third kappa shape index (κ3) is 7.67. The Morgan fingerprint density at radius 2 is 1.61 bits per heavy atom. The molecule has 3 aromatic carbocycles. The number of ether oxygens (including phenoxy) is 1. The summed E-state index contributed by atoms with van der Waals surface area (Å²) in [6, 6.07) is 24.9. The molecule has 1 aliphatic heterocycles. The first-order chi connectivity index (χ1) is 17.4. The second kappa shape index (κ2) is 12.9. The predicted octanol–water partition coefficient (Wildman–Crippen LogP) is 8.20. The molecule has 1 heterocycles. The van der Waals surface area contributed by atoms with E-state index in [1.165, 1.54) is 11.1 Å². The number of nitrogens with one attached hydrogen (secondary N) is 1. The Hall–Kier alpha value is -2.15. The lowest BCUT2D eigenvalue weighted by Gasteiger charge is -2.33. The molecule has 1 fully saturated rings. The van der Waals surface area contributed by atoms with Gasteiger partial charge in [0.05, 0.1) is 0 Å². The summed E-state index contributed by atoms with van der Waals surface area (Å²) in [6.45, 7) is 6.96. The van der Waals surface area contributed by atoms with E-state index in [1.54, 1.807) is 0 Å². The van der Waals surface area contributed by atoms with Gasteiger partial charge >= 0.3 is 0 Å². The molecule has 3 aromatic rings. The molecule has 0 saturated carbocycles. The van der Waals surface area contributed by atoms with Crippen LogP contribution in [0.15, 0.2) is 81.7 Å². The minimum absolute atomic E-state index is 0.00162. The van der Waals surface area contributed by atoms with Crippen LogP contribution in [0.25, 0.3) is 0 Å². The van der Waals surface area contributed by atoms with E-state index in [1.807, 2.05) is 44.2 Å². The summed E-state index contributed by atoms with van der Waals surface area (Å²) >= 11 is 7.05. The van der Waals surface area contributed by atoms with Crippen LogP contribution in [0.2, 0.25) is 0 Å². The second-order valence-electron chi connectivity index (χ2n) is 9.79. The normalized spacial score (nSPS) is 15.6. The monoisotopic (exact) mass is 612 g/mol. The maximum absolute atomic E-state index is 12.1. The molecule has 1 atom stereocenters. The van der Waals surface area contributed by atoms with Gasteiger partial charge in [0.25, 0.3) is 0 Å². The molecule has 0 aromatic heterocycles. The maximum Gasteiger partial charge on any atom is 0.226 e. The minimum Gasteiger partial charge on any atom is -0.486 e. The smallest absolute Gasteiger partial charge is 0.226 e. The van der Waals surface area contributed by atoms with Crippen molar-refractivity contribution in [2.24, 2.45) is 5.92 Å². The third-order valence-electron chi connectivity index (χ3n) is 6.78. The second-order valence-corrected chi connectivity index (χ2v) is 11.6. The van der Waals surface area contributed by atoms with Gasteiger partial charge in [0.15, 0.2) is 0 Å². The zero-order chi connectivity index (χ0) is 25.5. The summed E-state index contributed by atoms with van der Waals surface area (Å²) in [6.07, 6.45) is 3.17. The minimum atomic E-state index is -0.0223. The van der Waals surface area contributed by atoms with Crippen molar-refractivity contribution >= 4 is 43.5 Å². The van der Waals surface area contributed by atoms with Crippen LogP contribution in [-0.4, -0.2) is 30.4 Å². The van der Waals surface area contributed by atoms with Crippen molar-refractivity contribution in [2.45, 2.75) is 45.1 Å². The maximum atomic E-state index is 12.1. The van der Waals surface area contributed by atoms with Crippen LogP contribution in [0.5, 0.6) is 5.75 Å². The SMILES string of the molecule is CC(C)C(=O)Nc1cccc(C2CCN(CCC(Oc3ccc(Br)cc3)c3ccc(Br)cc3)CC2)c1. The Morgan fingerprint density at radius 3 is 2.25 bits per heavy atom. The van der Waals surface area contributed by atoms with Gasteiger partial charge in [-0.05, 0) is 91.5 Å². The topological polar surface area (TPSA) is 41.6 Å². The third-order valence-corrected chi connectivity index (χ3v) is 7.84. The Bertz CT molecular complexity index is 1120. The fourth-order valence-electron chi connectivity index (χ4n) is 4.60. The molecule has 1 unspecified atom stereocenters. The van der Waals surface area contributed by atoms with E-state index in [2.05, 4.69) is 84.5 Å². The molecule has 1 aliphatic rings. The Kier molecular flexibility index (Phi) is 9.63. The molecule has 190 valence electrons. The van der Waals surface area contributed by atoms with Crippen molar-refractivity contribution in [1.29, 1.82) is 0 Å². The molecule has 1 N–H and O–H groups in total. The van der Waals surface area contributed by atoms with Gasteiger partial charge in [0.2, 0.25) is 5.91 Å². The zero-order valence-corrected chi connectivity index (χ0v) is 24.1. The quantitative estimate of drug-likeness (QED) is 0.264. The number of piperidine rings is 1. The highest BCUT2D eigenvalue weighted by Gasteiger charge is 2.23. The van der Waals surface area contributed by atoms with Crippen molar-refractivity contribution in [3.8, 4) is 5.75 Å². The van der Waals surface area contributed by atoms with Gasteiger partial charge in [-0.25, -0.2) is 0 Å². The van der Waals surface area contributed by atoms with Crippen molar-refractivity contribution in [3.05, 3.63) is 92.9 Å². The number of rotatable bonds is 9. The van der Waals surface area contributed by atoms with Crippen LogP contribution in [0.4, 0.5) is 5.69 Å². The summed E-state index contributed by atoms with van der Waals surface area (Å²) in [5.41, 5.74) is 3.41. The average Bonchev–Trinajstić information content (AvgIpc) is 2.88. The first-order valence-corrected chi connectivity index (χ1v) is 14.3. The molecule has 0 bridgehead atoms. The van der Waals surface area contributed by atoms with Crippen LogP contribution in [0.1, 0.15) is 56.3 Å². The van der Waals surface area contributed by atoms with Crippen LogP contribution in [-0.2, 0) is 4.79 Å². The summed E-state index contributed by atoms with van der Waals surface area (Å²) in [5, 5.41) is 3.04. The molecular weight excluding hydrogens is 580 g/mol. The first-order valence-electron chi connectivity index (χ1n) is 12.7. The molecule has 6 heteroatoms. The lowest BCUT2D eigenvalue weighted by molar-refractivity contribution is -0.118. The van der Waals surface area contributed by atoms with Gasteiger partial charge in [0.1, 0.15) is 11.9 Å². The van der Waals surface area contributed by atoms with Crippen LogP contribution in [0.3, 0.4) is 0 Å². The van der Waals surface area contributed by atoms with Crippen LogP contribution >= 0.6 is 31.9 Å². The molecular formula is C30H34Br2N2O2. The predicted molar refractivity (Wildman–Crippen MR) is 155 cm³/mol. The number of halogens is 2. The summed E-state index contributed by atoms with van der Waals surface area (Å²) in [7, 11) is 0. The lowest BCUT2D eigenvalue weighted by Crippen LogP contribution is -2.34. The first kappa shape index (κ1) is 26.9. The summed E-state index contributed by atoms with van der Waals surface area (Å²) in [4.78, 5) is 14.6. The number of carbonyl (C=O) groups excluding carboxylic acids is 1. The van der Waals surface area contributed by atoms with E-state index >= 15 is 0 Å². The number of amides is 1. The summed E-state index contributed by atoms with van der Waals surface area (Å²) in [5.74, 6) is 1.45. The molecule has 0 spiro atoms. The van der Waals surface area contributed by atoms with Gasteiger partial charge in [-0.2, -0.15) is 0 Å². The number of hydrogen-bond acceptors (Lipinski definition) is 3. The van der Waals surface area contributed by atoms with Gasteiger partial charge in [0, 0.05) is 33.5 Å². The fourth-order valence-corrected chi connectivity index (χ4v) is 5.12. The highest BCUT2D eigenvalue weighted by atomic mass is 79.9. The zero-order valence-electron chi connectivity index (χ0n) is 20.9. The Labute approximate surface area is 231 Å². The van der Waals surface area contributed by atoms with Gasteiger partial charge in [-0.3, -0.25) is 4.79 Å². The molecule has 1 amide bonds. The van der Waals surface area contributed by atoms with Crippen LogP contribution in [0, 0.1) is 5.92 Å². The van der Waals surface area contributed by atoms with Crippen molar-refractivity contribution in [3.63, 3.8) is 0 Å². The molecule has 36 heavy (non-hydrogen) atoms. The number of likely N-dealkylation sites (tertiary alicyclic amines) is 1. The van der Waals surface area contributed by atoms with Crippen molar-refractivity contribution in [1.82, 2.24) is 4.90 Å². The average molecular weight is 614 g/mol. The van der Waals surface area contributed by atoms with E-state index in [4.69, 9.17) is 4.74 Å². The van der Waals surface area contributed by atoms with E-state index in [9.17, 15) is 4.79 Å². The van der Waals surface area contributed by atoms with Crippen LogP contribution < -0.4 is 10.1 Å². The number of hydrogen-bond donors (Lipinski definition) is 1. The number of nitrogens with zero attached hydrogens (tertiary/aromatic N) is 1. The Morgan fingerprint density at radius 1 is 0.972 bits per heavy atom.